The molecular weight excluding hydrogens is 330 g/mol. The number of ether oxygens (including phenoxy) is 1. The minimum atomic E-state index is -1.79. The van der Waals surface area contributed by atoms with E-state index in [-0.39, 0.29) is 18.8 Å². The molecule has 0 radical (unpaired) electrons. The number of amides is 1. The molecule has 0 aromatic heterocycles. The maximum Gasteiger partial charge on any atom is 0.264 e. The smallest absolute Gasteiger partial charge is 0.264 e. The van der Waals surface area contributed by atoms with Crippen LogP contribution in [0.3, 0.4) is 0 Å². The molecule has 5 nitrogen and oxygen atoms in total. The maximum atomic E-state index is 12.9. The highest BCUT2D eigenvalue weighted by Crippen LogP contribution is 2.42. The molecule has 0 aliphatic carbocycles. The van der Waals surface area contributed by atoms with Crippen LogP contribution >= 0.6 is 0 Å². The van der Waals surface area contributed by atoms with Crippen molar-refractivity contribution in [3.63, 3.8) is 0 Å². The molecule has 1 heterocycles. The van der Waals surface area contributed by atoms with Gasteiger partial charge in [0.15, 0.2) is 5.60 Å². The summed E-state index contributed by atoms with van der Waals surface area (Å²) in [6.07, 6.45) is -0.225. The summed E-state index contributed by atoms with van der Waals surface area (Å²) in [5.74, 6) is 0.0252. The van der Waals surface area contributed by atoms with Crippen molar-refractivity contribution in [3.8, 4) is 5.75 Å². The van der Waals surface area contributed by atoms with Gasteiger partial charge in [-0.2, -0.15) is 0 Å². The predicted molar refractivity (Wildman–Crippen MR) is 99.4 cm³/mol. The van der Waals surface area contributed by atoms with E-state index in [2.05, 4.69) is 0 Å². The zero-order chi connectivity index (χ0) is 18.9. The molecule has 2 aromatic carbocycles. The van der Waals surface area contributed by atoms with Gasteiger partial charge in [-0.1, -0.05) is 35.4 Å². The predicted octanol–water partition coefficient (Wildman–Crippen LogP) is 2.90. The molecule has 1 atom stereocenters. The molecular formula is C21H23NO4. The largest absolute Gasteiger partial charge is 0.492 e. The summed E-state index contributed by atoms with van der Waals surface area (Å²) in [5, 5.41) is 11.0. The summed E-state index contributed by atoms with van der Waals surface area (Å²) in [4.78, 5) is 26.0. The first-order chi connectivity index (χ1) is 12.3. The Balaban J connectivity index is 1.80. The number of aliphatic hydroxyl groups is 1. The number of ketones is 1. The van der Waals surface area contributed by atoms with E-state index in [9.17, 15) is 14.7 Å². The van der Waals surface area contributed by atoms with Crippen molar-refractivity contribution in [3.05, 3.63) is 59.2 Å². The average Bonchev–Trinajstić information content (AvgIpc) is 2.77. The molecule has 1 aliphatic rings. The van der Waals surface area contributed by atoms with E-state index in [1.807, 2.05) is 50.2 Å². The van der Waals surface area contributed by atoms with Crippen LogP contribution in [-0.4, -0.2) is 29.9 Å². The summed E-state index contributed by atoms with van der Waals surface area (Å²) in [5.41, 5.74) is 1.41. The van der Waals surface area contributed by atoms with E-state index in [0.29, 0.717) is 17.8 Å². The quantitative estimate of drug-likeness (QED) is 0.867. The average molecular weight is 353 g/mol. The molecule has 136 valence electrons. The van der Waals surface area contributed by atoms with Crippen molar-refractivity contribution in [2.75, 3.05) is 18.1 Å². The third kappa shape index (κ3) is 3.35. The second kappa shape index (κ2) is 6.92. The lowest BCUT2D eigenvalue weighted by Crippen LogP contribution is -2.43. The Bertz CT molecular complexity index is 844. The van der Waals surface area contributed by atoms with Gasteiger partial charge in [-0.3, -0.25) is 9.59 Å². The molecule has 26 heavy (non-hydrogen) atoms. The van der Waals surface area contributed by atoms with Gasteiger partial charge in [0.1, 0.15) is 18.1 Å². The number of hydrogen-bond donors (Lipinski definition) is 1. The lowest BCUT2D eigenvalue weighted by Gasteiger charge is -2.22. The Kier molecular flexibility index (Phi) is 4.83. The zero-order valence-corrected chi connectivity index (χ0v) is 15.3. The van der Waals surface area contributed by atoms with E-state index in [4.69, 9.17) is 4.74 Å². The van der Waals surface area contributed by atoms with Gasteiger partial charge < -0.3 is 14.7 Å². The van der Waals surface area contributed by atoms with Crippen LogP contribution in [0.25, 0.3) is 0 Å². The molecule has 0 saturated heterocycles. The van der Waals surface area contributed by atoms with Crippen molar-refractivity contribution in [1.82, 2.24) is 0 Å². The number of benzene rings is 2. The van der Waals surface area contributed by atoms with Gasteiger partial charge in [-0.25, -0.2) is 0 Å². The monoisotopic (exact) mass is 353 g/mol. The number of hydrogen-bond acceptors (Lipinski definition) is 4. The Morgan fingerprint density at radius 1 is 1.12 bits per heavy atom. The number of carbonyl (C=O) groups excluding carboxylic acids is 2. The fourth-order valence-corrected chi connectivity index (χ4v) is 3.31. The van der Waals surface area contributed by atoms with Crippen LogP contribution < -0.4 is 9.64 Å². The first-order valence-corrected chi connectivity index (χ1v) is 8.65. The van der Waals surface area contributed by atoms with E-state index < -0.39 is 11.5 Å². The first-order valence-electron chi connectivity index (χ1n) is 8.65. The highest BCUT2D eigenvalue weighted by molar-refractivity contribution is 6.08. The van der Waals surface area contributed by atoms with Crippen molar-refractivity contribution in [1.29, 1.82) is 0 Å². The summed E-state index contributed by atoms with van der Waals surface area (Å²) in [6.45, 7) is 5.86. The molecule has 2 aromatic rings. The van der Waals surface area contributed by atoms with Crippen LogP contribution in [0.15, 0.2) is 42.5 Å². The molecule has 1 N–H and O–H groups in total. The summed E-state index contributed by atoms with van der Waals surface area (Å²) in [6, 6.07) is 13.2. The second-order valence-electron chi connectivity index (χ2n) is 6.88. The lowest BCUT2D eigenvalue weighted by molar-refractivity contribution is -0.141. The number of anilines is 1. The van der Waals surface area contributed by atoms with E-state index >= 15 is 0 Å². The van der Waals surface area contributed by atoms with Crippen molar-refractivity contribution < 1.29 is 19.4 Å². The lowest BCUT2D eigenvalue weighted by atomic mass is 9.89. The minimum Gasteiger partial charge on any atom is -0.492 e. The van der Waals surface area contributed by atoms with Gasteiger partial charge in [0.2, 0.25) is 0 Å². The SMILES string of the molecule is CC(=O)C[C@]1(O)C(=O)N(CCOc2ccc(C)cc2)c2ccc(C)cc21. The van der Waals surface area contributed by atoms with Crippen LogP contribution in [0.2, 0.25) is 0 Å². The van der Waals surface area contributed by atoms with Crippen LogP contribution in [0.5, 0.6) is 5.75 Å². The molecule has 0 saturated carbocycles. The summed E-state index contributed by atoms with van der Waals surface area (Å²) in [7, 11) is 0. The van der Waals surface area contributed by atoms with Crippen molar-refractivity contribution in [2.24, 2.45) is 0 Å². The van der Waals surface area contributed by atoms with E-state index in [1.165, 1.54) is 11.8 Å². The zero-order valence-electron chi connectivity index (χ0n) is 15.3. The van der Waals surface area contributed by atoms with E-state index in [1.54, 1.807) is 6.07 Å². The van der Waals surface area contributed by atoms with Crippen molar-refractivity contribution in [2.45, 2.75) is 32.8 Å². The van der Waals surface area contributed by atoms with E-state index in [0.717, 1.165) is 16.9 Å². The molecule has 1 amide bonds. The first kappa shape index (κ1) is 18.1. The van der Waals surface area contributed by atoms with Gasteiger partial charge in [0.05, 0.1) is 12.2 Å². The normalized spacial score (nSPS) is 18.8. The van der Waals surface area contributed by atoms with Crippen molar-refractivity contribution >= 4 is 17.4 Å². The fourth-order valence-electron chi connectivity index (χ4n) is 3.31. The van der Waals surface area contributed by atoms with Gasteiger partial charge in [-0.05, 0) is 39.0 Å². The minimum absolute atomic E-state index is 0.225. The second-order valence-corrected chi connectivity index (χ2v) is 6.88. The van der Waals surface area contributed by atoms with Gasteiger partial charge in [-0.15, -0.1) is 0 Å². The number of nitrogens with zero attached hydrogens (tertiary/aromatic N) is 1. The van der Waals surface area contributed by atoms with Gasteiger partial charge in [0, 0.05) is 12.0 Å². The molecule has 0 fully saturated rings. The molecule has 0 bridgehead atoms. The third-order valence-electron chi connectivity index (χ3n) is 4.60. The van der Waals surface area contributed by atoms with Crippen LogP contribution in [0.1, 0.15) is 30.0 Å². The van der Waals surface area contributed by atoms with Gasteiger partial charge in [0.25, 0.3) is 5.91 Å². The highest BCUT2D eigenvalue weighted by atomic mass is 16.5. The number of rotatable bonds is 6. The molecule has 1 aliphatic heterocycles. The topological polar surface area (TPSA) is 66.8 Å². The number of aryl methyl sites for hydroxylation is 2. The number of carbonyl (C=O) groups is 2. The van der Waals surface area contributed by atoms with Gasteiger partial charge >= 0.3 is 0 Å². The Morgan fingerprint density at radius 2 is 1.77 bits per heavy atom. The summed E-state index contributed by atoms with van der Waals surface area (Å²) < 4.78 is 5.72. The standard InChI is InChI=1S/C21H23NO4/c1-14-4-7-17(8-5-14)26-11-10-22-19-9-6-15(2)12-18(19)21(25,20(22)24)13-16(3)23/h4-9,12,25H,10-11,13H2,1-3H3/t21-/m1/s1. The number of fused-ring (bicyclic) bond motifs is 1. The van der Waals surface area contributed by atoms with Crippen LogP contribution in [0.4, 0.5) is 5.69 Å². The Hall–Kier alpha value is -2.66. The maximum absolute atomic E-state index is 12.9. The molecule has 0 unspecified atom stereocenters. The fraction of sp³-hybridized carbons (Fsp3) is 0.333. The molecule has 5 heteroatoms. The third-order valence-corrected chi connectivity index (χ3v) is 4.60. The highest BCUT2D eigenvalue weighted by Gasteiger charge is 2.50. The van der Waals surface area contributed by atoms with Crippen LogP contribution in [0, 0.1) is 13.8 Å². The Morgan fingerprint density at radius 3 is 2.42 bits per heavy atom. The molecule has 0 spiro atoms. The Labute approximate surface area is 153 Å². The summed E-state index contributed by atoms with van der Waals surface area (Å²) >= 11 is 0. The van der Waals surface area contributed by atoms with Crippen LogP contribution in [-0.2, 0) is 15.2 Å². The number of Topliss-reactive ketones (excluding diaryl/α,β-unsaturated/α-hetero) is 1. The molecule has 3 rings (SSSR count).